The van der Waals surface area contributed by atoms with Crippen LogP contribution in [-0.4, -0.2) is 49.9 Å². The van der Waals surface area contributed by atoms with Crippen molar-refractivity contribution in [2.24, 2.45) is 0 Å². The quantitative estimate of drug-likeness (QED) is 0.483. The van der Waals surface area contributed by atoms with E-state index < -0.39 is 24.5 Å². The molecule has 1 heterocycles. The third-order valence-electron chi connectivity index (χ3n) is 3.64. The fraction of sp³-hybridized carbons (Fsp3) is 0.263. The SMILES string of the molecule is COc1ccc(C(=O)[C@@H](C)OC(=O)CNC(=O)CNC(=O)c2cccs2)cc1. The Morgan fingerprint density at radius 1 is 1.04 bits per heavy atom. The van der Waals surface area contributed by atoms with E-state index in [4.69, 9.17) is 9.47 Å². The van der Waals surface area contributed by atoms with Crippen molar-refractivity contribution >= 4 is 34.9 Å². The molecule has 1 atom stereocenters. The fourth-order valence-electron chi connectivity index (χ4n) is 2.17. The van der Waals surface area contributed by atoms with Gasteiger partial charge in [-0.25, -0.2) is 0 Å². The third kappa shape index (κ3) is 6.20. The van der Waals surface area contributed by atoms with E-state index in [1.165, 1.54) is 25.4 Å². The van der Waals surface area contributed by atoms with Crippen LogP contribution < -0.4 is 15.4 Å². The van der Waals surface area contributed by atoms with Gasteiger partial charge in [0, 0.05) is 5.56 Å². The predicted molar refractivity (Wildman–Crippen MR) is 103 cm³/mol. The molecule has 0 aliphatic carbocycles. The monoisotopic (exact) mass is 404 g/mol. The molecule has 1 aromatic carbocycles. The van der Waals surface area contributed by atoms with E-state index in [1.807, 2.05) is 0 Å². The number of esters is 1. The summed E-state index contributed by atoms with van der Waals surface area (Å²) in [5.74, 6) is -1.43. The van der Waals surface area contributed by atoms with Crippen LogP contribution in [0.25, 0.3) is 0 Å². The number of hydrogen-bond acceptors (Lipinski definition) is 7. The number of ether oxygens (including phenoxy) is 2. The molecule has 2 aromatic rings. The Morgan fingerprint density at radius 3 is 2.36 bits per heavy atom. The second kappa shape index (κ2) is 10.2. The molecule has 148 valence electrons. The molecule has 0 unspecified atom stereocenters. The Morgan fingerprint density at radius 2 is 1.75 bits per heavy atom. The van der Waals surface area contributed by atoms with Gasteiger partial charge in [-0.15, -0.1) is 11.3 Å². The van der Waals surface area contributed by atoms with Gasteiger partial charge in [0.25, 0.3) is 5.91 Å². The van der Waals surface area contributed by atoms with Gasteiger partial charge < -0.3 is 20.1 Å². The van der Waals surface area contributed by atoms with Crippen molar-refractivity contribution < 1.29 is 28.7 Å². The summed E-state index contributed by atoms with van der Waals surface area (Å²) in [6.07, 6.45) is -1.00. The number of carbonyl (C=O) groups is 4. The number of ketones is 1. The predicted octanol–water partition coefficient (Wildman–Crippen LogP) is 1.42. The van der Waals surface area contributed by atoms with Gasteiger partial charge in [0.2, 0.25) is 11.7 Å². The van der Waals surface area contributed by atoms with Gasteiger partial charge in [-0.2, -0.15) is 0 Å². The third-order valence-corrected chi connectivity index (χ3v) is 4.50. The molecule has 0 saturated heterocycles. The zero-order chi connectivity index (χ0) is 20.5. The Bertz CT molecular complexity index is 833. The number of carbonyl (C=O) groups excluding carboxylic acids is 4. The maximum Gasteiger partial charge on any atom is 0.326 e. The molecule has 9 heteroatoms. The topological polar surface area (TPSA) is 111 Å². The molecule has 0 aliphatic rings. The molecule has 8 nitrogen and oxygen atoms in total. The summed E-state index contributed by atoms with van der Waals surface area (Å²) in [6, 6.07) is 9.77. The van der Waals surface area contributed by atoms with E-state index in [0.717, 1.165) is 0 Å². The van der Waals surface area contributed by atoms with Gasteiger partial charge in [-0.3, -0.25) is 19.2 Å². The molecule has 2 N–H and O–H groups in total. The van der Waals surface area contributed by atoms with E-state index in [9.17, 15) is 19.2 Å². The van der Waals surface area contributed by atoms with Crippen LogP contribution in [0.5, 0.6) is 5.75 Å². The zero-order valence-corrected chi connectivity index (χ0v) is 16.2. The maximum atomic E-state index is 12.3. The number of amides is 2. The minimum absolute atomic E-state index is 0.273. The van der Waals surface area contributed by atoms with Crippen LogP contribution in [0.1, 0.15) is 27.0 Å². The van der Waals surface area contributed by atoms with Crippen LogP contribution in [0.2, 0.25) is 0 Å². The number of rotatable bonds is 9. The van der Waals surface area contributed by atoms with Gasteiger partial charge in [0.1, 0.15) is 12.3 Å². The maximum absolute atomic E-state index is 12.3. The normalized spacial score (nSPS) is 11.2. The van der Waals surface area contributed by atoms with Crippen LogP contribution in [0.3, 0.4) is 0 Å². The Labute approximate surface area is 165 Å². The molecule has 0 saturated carbocycles. The summed E-state index contributed by atoms with van der Waals surface area (Å²) in [7, 11) is 1.52. The Kier molecular flexibility index (Phi) is 7.70. The Balaban J connectivity index is 1.72. The fourth-order valence-corrected chi connectivity index (χ4v) is 2.81. The van der Waals surface area contributed by atoms with E-state index in [-0.39, 0.29) is 18.2 Å². The van der Waals surface area contributed by atoms with Crippen LogP contribution in [0.4, 0.5) is 0 Å². The van der Waals surface area contributed by atoms with Crippen molar-refractivity contribution in [3.63, 3.8) is 0 Å². The van der Waals surface area contributed by atoms with E-state index in [1.54, 1.807) is 41.8 Å². The summed E-state index contributed by atoms with van der Waals surface area (Å²) in [6.45, 7) is 0.770. The lowest BCUT2D eigenvalue weighted by Gasteiger charge is -2.13. The average Bonchev–Trinajstić information content (AvgIpc) is 3.25. The summed E-state index contributed by atoms with van der Waals surface area (Å²) >= 11 is 1.25. The number of benzene rings is 1. The highest BCUT2D eigenvalue weighted by Gasteiger charge is 2.20. The van der Waals surface area contributed by atoms with E-state index in [2.05, 4.69) is 10.6 Å². The summed E-state index contributed by atoms with van der Waals surface area (Å²) in [5.41, 5.74) is 0.376. The second-order valence-corrected chi connectivity index (χ2v) is 6.61. The zero-order valence-electron chi connectivity index (χ0n) is 15.4. The minimum Gasteiger partial charge on any atom is -0.497 e. The molecule has 28 heavy (non-hydrogen) atoms. The first kappa shape index (κ1) is 21.1. The summed E-state index contributed by atoms with van der Waals surface area (Å²) < 4.78 is 10.1. The van der Waals surface area contributed by atoms with Gasteiger partial charge in [0.05, 0.1) is 18.5 Å². The molecule has 0 aliphatic heterocycles. The highest BCUT2D eigenvalue weighted by molar-refractivity contribution is 7.12. The molecule has 2 amide bonds. The molecular formula is C19H20N2O6S. The highest BCUT2D eigenvalue weighted by Crippen LogP contribution is 2.13. The van der Waals surface area contributed by atoms with E-state index >= 15 is 0 Å². The largest absolute Gasteiger partial charge is 0.497 e. The van der Waals surface area contributed by atoms with Crippen molar-refractivity contribution in [1.82, 2.24) is 10.6 Å². The number of thiophene rings is 1. The lowest BCUT2D eigenvalue weighted by atomic mass is 10.1. The van der Waals surface area contributed by atoms with Crippen molar-refractivity contribution in [3.05, 3.63) is 52.2 Å². The Hall–Kier alpha value is -3.20. The molecule has 0 spiro atoms. The molecule has 0 fully saturated rings. The van der Waals surface area contributed by atoms with Crippen molar-refractivity contribution in [1.29, 1.82) is 0 Å². The van der Waals surface area contributed by atoms with Crippen LogP contribution in [0, 0.1) is 0 Å². The first-order valence-electron chi connectivity index (χ1n) is 8.37. The van der Waals surface area contributed by atoms with Crippen molar-refractivity contribution in [2.45, 2.75) is 13.0 Å². The number of methoxy groups -OCH3 is 1. The molecule has 1 aromatic heterocycles. The van der Waals surface area contributed by atoms with Gasteiger partial charge >= 0.3 is 5.97 Å². The minimum atomic E-state index is -1.00. The lowest BCUT2D eigenvalue weighted by molar-refractivity contribution is -0.146. The van der Waals surface area contributed by atoms with Crippen molar-refractivity contribution in [3.8, 4) is 5.75 Å². The average molecular weight is 404 g/mol. The van der Waals surface area contributed by atoms with Gasteiger partial charge in [-0.1, -0.05) is 6.07 Å². The first-order chi connectivity index (χ1) is 13.4. The number of Topliss-reactive ketones (excluding diaryl/α,β-unsaturated/α-hetero) is 1. The summed E-state index contributed by atoms with van der Waals surface area (Å²) in [5, 5.41) is 6.52. The van der Waals surface area contributed by atoms with Crippen LogP contribution in [-0.2, 0) is 14.3 Å². The van der Waals surface area contributed by atoms with Crippen molar-refractivity contribution in [2.75, 3.05) is 20.2 Å². The standard InChI is InChI=1S/C19H20N2O6S/c1-12(18(24)13-5-7-14(26-2)8-6-13)27-17(23)11-20-16(22)10-21-19(25)15-4-3-9-28-15/h3-9,12H,10-11H2,1-2H3,(H,20,22)(H,21,25)/t12-/m1/s1. The summed E-state index contributed by atoms with van der Waals surface area (Å²) in [4.78, 5) is 48.0. The van der Waals surface area contributed by atoms with Crippen LogP contribution >= 0.6 is 11.3 Å². The molecular weight excluding hydrogens is 384 g/mol. The first-order valence-corrected chi connectivity index (χ1v) is 9.25. The molecule has 0 bridgehead atoms. The molecule has 0 radical (unpaired) electrons. The number of nitrogens with one attached hydrogen (secondary N) is 2. The van der Waals surface area contributed by atoms with Crippen LogP contribution in [0.15, 0.2) is 41.8 Å². The second-order valence-electron chi connectivity index (χ2n) is 5.66. The highest BCUT2D eigenvalue weighted by atomic mass is 32.1. The number of hydrogen-bond donors (Lipinski definition) is 2. The smallest absolute Gasteiger partial charge is 0.326 e. The van der Waals surface area contributed by atoms with Gasteiger partial charge in [0.15, 0.2) is 6.10 Å². The van der Waals surface area contributed by atoms with Gasteiger partial charge in [-0.05, 0) is 42.6 Å². The molecule has 2 rings (SSSR count). The lowest BCUT2D eigenvalue weighted by Crippen LogP contribution is -2.40. The van der Waals surface area contributed by atoms with E-state index in [0.29, 0.717) is 16.2 Å².